The maximum atomic E-state index is 10.4. The number of hydrogen-bond acceptors (Lipinski definition) is 5. The van der Waals surface area contributed by atoms with Crippen LogP contribution in [0.1, 0.15) is 5.89 Å². The van der Waals surface area contributed by atoms with Crippen LogP contribution in [-0.2, 0) is 0 Å². The van der Waals surface area contributed by atoms with Gasteiger partial charge in [-0.15, -0.1) is 11.3 Å². The van der Waals surface area contributed by atoms with Crippen molar-refractivity contribution in [2.24, 2.45) is 0 Å². The zero-order valence-corrected chi connectivity index (χ0v) is 8.08. The van der Waals surface area contributed by atoms with E-state index in [-0.39, 0.29) is 5.69 Å². The molecular formula is C8H6N2O3S. The number of rotatable bonds is 2. The van der Waals surface area contributed by atoms with Crippen molar-refractivity contribution < 1.29 is 9.34 Å². The van der Waals surface area contributed by atoms with Crippen molar-refractivity contribution in [3.05, 3.63) is 33.6 Å². The molecule has 0 saturated carbocycles. The summed E-state index contributed by atoms with van der Waals surface area (Å²) in [4.78, 5) is 14.6. The Morgan fingerprint density at radius 3 is 2.93 bits per heavy atom. The second-order valence-corrected chi connectivity index (χ2v) is 3.58. The zero-order chi connectivity index (χ0) is 10.1. The molecule has 2 rings (SSSR count). The van der Waals surface area contributed by atoms with E-state index in [1.54, 1.807) is 13.1 Å². The highest BCUT2D eigenvalue weighted by Crippen LogP contribution is 2.30. The Kier molecular flexibility index (Phi) is 2.05. The van der Waals surface area contributed by atoms with Crippen LogP contribution in [0.25, 0.3) is 10.6 Å². The molecule has 6 heteroatoms. The maximum Gasteiger partial charge on any atom is 0.280 e. The molecule has 0 saturated heterocycles. The average molecular weight is 210 g/mol. The van der Waals surface area contributed by atoms with E-state index in [2.05, 4.69) is 4.98 Å². The van der Waals surface area contributed by atoms with Crippen LogP contribution in [-0.4, -0.2) is 9.91 Å². The first-order valence-corrected chi connectivity index (χ1v) is 4.70. The molecule has 0 fully saturated rings. The van der Waals surface area contributed by atoms with E-state index in [0.717, 1.165) is 4.88 Å². The summed E-state index contributed by atoms with van der Waals surface area (Å²) in [7, 11) is 0. The quantitative estimate of drug-likeness (QED) is 0.564. The van der Waals surface area contributed by atoms with E-state index in [1.165, 1.54) is 22.8 Å². The van der Waals surface area contributed by atoms with Crippen LogP contribution in [0.4, 0.5) is 5.69 Å². The number of aromatic nitrogens is 1. The van der Waals surface area contributed by atoms with E-state index in [1.807, 2.05) is 0 Å². The lowest BCUT2D eigenvalue weighted by atomic mass is 10.4. The fraction of sp³-hybridized carbons (Fsp3) is 0.125. The smallest absolute Gasteiger partial charge is 0.280 e. The number of nitro groups is 1. The molecular weight excluding hydrogens is 204 g/mol. The summed E-state index contributed by atoms with van der Waals surface area (Å²) >= 11 is 1.27. The minimum atomic E-state index is -0.427. The second kappa shape index (κ2) is 3.22. The van der Waals surface area contributed by atoms with Crippen LogP contribution in [0.5, 0.6) is 0 Å². The molecule has 2 aromatic rings. The predicted octanol–water partition coefficient (Wildman–Crippen LogP) is 2.62. The van der Waals surface area contributed by atoms with Crippen molar-refractivity contribution in [2.45, 2.75) is 6.92 Å². The first-order valence-electron chi connectivity index (χ1n) is 3.82. The van der Waals surface area contributed by atoms with Crippen molar-refractivity contribution in [3.63, 3.8) is 0 Å². The van der Waals surface area contributed by atoms with Crippen LogP contribution in [0, 0.1) is 17.0 Å². The van der Waals surface area contributed by atoms with Crippen molar-refractivity contribution in [2.75, 3.05) is 0 Å². The molecule has 0 aliphatic rings. The van der Waals surface area contributed by atoms with Crippen molar-refractivity contribution in [3.8, 4) is 10.6 Å². The van der Waals surface area contributed by atoms with Gasteiger partial charge in [0.1, 0.15) is 0 Å². The van der Waals surface area contributed by atoms with Gasteiger partial charge in [0.25, 0.3) is 5.69 Å². The Hall–Kier alpha value is -1.69. The highest BCUT2D eigenvalue weighted by atomic mass is 32.1. The van der Waals surface area contributed by atoms with Crippen LogP contribution in [0.3, 0.4) is 0 Å². The van der Waals surface area contributed by atoms with Gasteiger partial charge in [-0.25, -0.2) is 4.98 Å². The zero-order valence-electron chi connectivity index (χ0n) is 7.26. The molecule has 0 aliphatic carbocycles. The van der Waals surface area contributed by atoms with Gasteiger partial charge in [0, 0.05) is 13.0 Å². The molecule has 0 bridgehead atoms. The van der Waals surface area contributed by atoms with Gasteiger partial charge in [0.05, 0.1) is 21.4 Å². The van der Waals surface area contributed by atoms with Gasteiger partial charge in [-0.3, -0.25) is 10.1 Å². The summed E-state index contributed by atoms with van der Waals surface area (Å²) in [6.07, 6.45) is 1.56. The summed E-state index contributed by atoms with van der Waals surface area (Å²) in [5.74, 6) is 1.12. The summed E-state index contributed by atoms with van der Waals surface area (Å²) in [6, 6.07) is 1.48. The Morgan fingerprint density at radius 2 is 2.43 bits per heavy atom. The van der Waals surface area contributed by atoms with Crippen LogP contribution in [0.15, 0.2) is 22.1 Å². The maximum absolute atomic E-state index is 10.4. The highest BCUT2D eigenvalue weighted by Gasteiger charge is 2.12. The van der Waals surface area contributed by atoms with Gasteiger partial charge in [-0.05, 0) is 0 Å². The van der Waals surface area contributed by atoms with Gasteiger partial charge in [0.2, 0.25) is 0 Å². The lowest BCUT2D eigenvalue weighted by Gasteiger charge is -1.85. The van der Waals surface area contributed by atoms with Crippen LogP contribution in [0.2, 0.25) is 0 Å². The molecule has 2 aromatic heterocycles. The summed E-state index contributed by atoms with van der Waals surface area (Å²) < 4.78 is 5.24. The van der Waals surface area contributed by atoms with E-state index < -0.39 is 4.92 Å². The van der Waals surface area contributed by atoms with Crippen molar-refractivity contribution >= 4 is 17.0 Å². The molecule has 0 aromatic carbocycles. The summed E-state index contributed by atoms with van der Waals surface area (Å²) in [5, 5.41) is 11.9. The second-order valence-electron chi connectivity index (χ2n) is 2.67. The van der Waals surface area contributed by atoms with Gasteiger partial charge in [0.15, 0.2) is 11.7 Å². The van der Waals surface area contributed by atoms with E-state index in [9.17, 15) is 10.1 Å². The number of aryl methyl sites for hydroxylation is 1. The molecule has 14 heavy (non-hydrogen) atoms. The number of thiophene rings is 1. The van der Waals surface area contributed by atoms with Crippen LogP contribution >= 0.6 is 11.3 Å². The minimum absolute atomic E-state index is 0.0825. The third-order valence-corrected chi connectivity index (χ3v) is 2.59. The first kappa shape index (κ1) is 8.89. The summed E-state index contributed by atoms with van der Waals surface area (Å²) in [6.45, 7) is 1.73. The van der Waals surface area contributed by atoms with Gasteiger partial charge in [-0.1, -0.05) is 0 Å². The lowest BCUT2D eigenvalue weighted by Crippen LogP contribution is -1.82. The third-order valence-electron chi connectivity index (χ3n) is 1.66. The normalized spacial score (nSPS) is 10.4. The molecule has 0 N–H and O–H groups in total. The predicted molar refractivity (Wildman–Crippen MR) is 51.2 cm³/mol. The molecule has 0 radical (unpaired) electrons. The Bertz CT molecular complexity index is 474. The standard InChI is InChI=1S/C8H6N2O3S/c1-5-9-3-7(13-5)8-2-6(4-14-8)10(11)12/h2-4H,1H3. The molecule has 72 valence electrons. The number of hydrogen-bond donors (Lipinski definition) is 0. The number of oxazole rings is 1. The van der Waals surface area contributed by atoms with E-state index >= 15 is 0 Å². The third kappa shape index (κ3) is 1.51. The SMILES string of the molecule is Cc1ncc(-c2cc([N+](=O)[O-])cs2)o1. The average Bonchev–Trinajstić information content (AvgIpc) is 2.70. The molecule has 2 heterocycles. The molecule has 0 spiro atoms. The molecule has 5 nitrogen and oxygen atoms in total. The van der Waals surface area contributed by atoms with Gasteiger partial charge >= 0.3 is 0 Å². The first-order chi connectivity index (χ1) is 6.66. The molecule has 0 aliphatic heterocycles. The molecule has 0 unspecified atom stereocenters. The number of nitrogens with zero attached hydrogens (tertiary/aromatic N) is 2. The largest absolute Gasteiger partial charge is 0.440 e. The Morgan fingerprint density at radius 1 is 1.64 bits per heavy atom. The lowest BCUT2D eigenvalue weighted by molar-refractivity contribution is -0.384. The van der Waals surface area contributed by atoms with E-state index in [0.29, 0.717) is 11.7 Å². The molecule has 0 amide bonds. The highest BCUT2D eigenvalue weighted by molar-refractivity contribution is 7.13. The topological polar surface area (TPSA) is 69.2 Å². The van der Waals surface area contributed by atoms with Crippen LogP contribution < -0.4 is 0 Å². The fourth-order valence-corrected chi connectivity index (χ4v) is 1.83. The molecule has 0 atom stereocenters. The fourth-order valence-electron chi connectivity index (χ4n) is 1.03. The van der Waals surface area contributed by atoms with E-state index in [4.69, 9.17) is 4.42 Å². The van der Waals surface area contributed by atoms with Gasteiger partial charge < -0.3 is 4.42 Å². The Labute approximate surface area is 83.2 Å². The van der Waals surface area contributed by atoms with Crippen molar-refractivity contribution in [1.82, 2.24) is 4.98 Å². The summed E-state index contributed by atoms with van der Waals surface area (Å²) in [5.41, 5.74) is 0.0825. The monoisotopic (exact) mass is 210 g/mol. The van der Waals surface area contributed by atoms with Crippen molar-refractivity contribution in [1.29, 1.82) is 0 Å². The van der Waals surface area contributed by atoms with Gasteiger partial charge in [-0.2, -0.15) is 0 Å². The Balaban J connectivity index is 2.38. The minimum Gasteiger partial charge on any atom is -0.440 e.